The van der Waals surface area contributed by atoms with E-state index in [1.165, 1.54) is 51.4 Å². The van der Waals surface area contributed by atoms with E-state index in [2.05, 4.69) is 128 Å². The number of aliphatic imine (C=N–C) groups is 1. The van der Waals surface area contributed by atoms with Crippen LogP contribution in [0.4, 0.5) is 49.7 Å². The van der Waals surface area contributed by atoms with E-state index in [0.29, 0.717) is 101 Å². The molecule has 0 spiro atoms. The second kappa shape index (κ2) is 45.2. The molecule has 4 aromatic carbocycles. The highest BCUT2D eigenvalue weighted by atomic mass is 35.5. The molecule has 646 valence electrons. The number of carbonyl (C=O) groups excluding carboxylic acids is 2. The summed E-state index contributed by atoms with van der Waals surface area (Å²) in [6.07, 6.45) is 17.5. The second-order valence-electron chi connectivity index (χ2n) is 32.6. The fourth-order valence-corrected chi connectivity index (χ4v) is 14.0. The van der Waals surface area contributed by atoms with E-state index in [-0.39, 0.29) is 34.0 Å². The van der Waals surface area contributed by atoms with Gasteiger partial charge in [-0.15, -0.1) is 0 Å². The van der Waals surface area contributed by atoms with Gasteiger partial charge in [0.25, 0.3) is 0 Å². The largest absolute Gasteiger partial charge is 0.444 e. The van der Waals surface area contributed by atoms with Gasteiger partial charge in [-0.1, -0.05) is 71.7 Å². The molecule has 2 saturated carbocycles. The molecule has 2 fully saturated rings. The van der Waals surface area contributed by atoms with Gasteiger partial charge in [-0.25, -0.2) is 49.5 Å². The number of halogens is 5. The number of nitrogens with zero attached hydrogens (tertiary/aromatic N) is 17. The molecule has 11 aromatic rings. The summed E-state index contributed by atoms with van der Waals surface area (Å²) in [6.45, 7) is 25.3. The van der Waals surface area contributed by atoms with Gasteiger partial charge in [-0.05, 0) is 274 Å². The first-order valence-electron chi connectivity index (χ1n) is 40.1. The van der Waals surface area contributed by atoms with E-state index in [0.717, 1.165) is 80.1 Å². The lowest BCUT2D eigenvalue weighted by molar-refractivity contribution is 0.0512. The molecule has 3 aliphatic rings. The molecule has 0 atom stereocenters. The molecule has 1 aliphatic heterocycles. The number of nitrogen functional groups attached to an aromatic ring is 2. The number of hydrogen-bond acceptors (Lipinski definition) is 25. The van der Waals surface area contributed by atoms with Crippen molar-refractivity contribution in [3.05, 3.63) is 176 Å². The quantitative estimate of drug-likeness (QED) is 0.0232. The third kappa shape index (κ3) is 30.2. The van der Waals surface area contributed by atoms with Crippen LogP contribution >= 0.6 is 58.0 Å². The minimum absolute atomic E-state index is 0.143. The molecule has 30 nitrogen and oxygen atoms in total. The Labute approximate surface area is 728 Å². The zero-order chi connectivity index (χ0) is 87.7. The topological polar surface area (TPSA) is 406 Å². The summed E-state index contributed by atoms with van der Waals surface area (Å²) in [6, 6.07) is 33.4. The van der Waals surface area contributed by atoms with Crippen LogP contribution in [0.25, 0.3) is 33.5 Å². The van der Waals surface area contributed by atoms with Gasteiger partial charge in [0.05, 0.1) is 24.7 Å². The van der Waals surface area contributed by atoms with Gasteiger partial charge in [0.2, 0.25) is 15.9 Å². The van der Waals surface area contributed by atoms with Gasteiger partial charge in [-0.3, -0.25) is 4.99 Å². The number of amides is 2. The maximum Gasteiger partial charge on any atom is 0.407 e. The van der Waals surface area contributed by atoms with Gasteiger partial charge >= 0.3 is 12.2 Å². The van der Waals surface area contributed by atoms with E-state index in [1.807, 2.05) is 182 Å². The molecule has 14 N–H and O–H groups in total. The normalized spacial score (nSPS) is 15.5. The van der Waals surface area contributed by atoms with Crippen molar-refractivity contribution < 1.29 is 19.1 Å². The number of anilines is 6. The van der Waals surface area contributed by atoms with E-state index in [4.69, 9.17) is 106 Å². The van der Waals surface area contributed by atoms with Crippen molar-refractivity contribution in [1.82, 2.24) is 89.0 Å². The minimum Gasteiger partial charge on any atom is -0.444 e. The van der Waals surface area contributed by atoms with Crippen LogP contribution in [0.1, 0.15) is 186 Å². The SMILES string of the molecule is CC(C)n1cnc2c(Cl)nc(Cl)nc21.CC(C)n1cnc2c(Nc3cccc(CNC(=O)OC(C)(C)C)c3)nc(CC3CCC(N(C)C)CC3)nc21.CC(C)n1cnc2c(Nc3cccc(CNC(=O)OC(C)(C)C)c3)nc(Cl)nc21.CN(C)C1CCC(N)CC1.Clc1nc(Cl)c2c(n1)CC=N2.NCc1cccc(N)c1.NCc1cccc(N)c1. The zero-order valence-electron chi connectivity index (χ0n) is 71.5. The minimum atomic E-state index is -0.537. The predicted molar refractivity (Wildman–Crippen MR) is 486 cm³/mol. The maximum atomic E-state index is 12.1. The lowest BCUT2D eigenvalue weighted by Gasteiger charge is -2.32. The van der Waals surface area contributed by atoms with Crippen LogP contribution in [0.3, 0.4) is 0 Å². The number of fused-ring (bicyclic) bond motifs is 4. The molecule has 0 unspecified atom stereocenters. The lowest BCUT2D eigenvalue weighted by atomic mass is 9.83. The summed E-state index contributed by atoms with van der Waals surface area (Å²) in [5.74, 6) is 2.69. The van der Waals surface area contributed by atoms with Crippen molar-refractivity contribution in [3.8, 4) is 0 Å². The molecular formula is C85H117Cl5N26O4. The van der Waals surface area contributed by atoms with E-state index in [1.54, 1.807) is 18.9 Å². The third-order valence-electron chi connectivity index (χ3n) is 19.2. The Hall–Kier alpha value is -9.73. The summed E-state index contributed by atoms with van der Waals surface area (Å²) < 4.78 is 16.6. The van der Waals surface area contributed by atoms with Crippen molar-refractivity contribution >= 4 is 150 Å². The van der Waals surface area contributed by atoms with Crippen LogP contribution < -0.4 is 49.9 Å². The number of hydrogen-bond donors (Lipinski definition) is 9. The van der Waals surface area contributed by atoms with Gasteiger partial charge in [0, 0.05) is 104 Å². The maximum absolute atomic E-state index is 12.1. The number of nitrogens with one attached hydrogen (secondary N) is 4. The summed E-state index contributed by atoms with van der Waals surface area (Å²) >= 11 is 29.0. The van der Waals surface area contributed by atoms with Crippen LogP contribution in [0.5, 0.6) is 0 Å². The van der Waals surface area contributed by atoms with Crippen molar-refractivity contribution in [2.24, 2.45) is 28.1 Å². The van der Waals surface area contributed by atoms with Crippen molar-refractivity contribution in [2.45, 2.75) is 221 Å². The average Bonchev–Trinajstić information content (AvgIpc) is 1.56. The van der Waals surface area contributed by atoms with Crippen LogP contribution in [-0.2, 0) is 48.5 Å². The summed E-state index contributed by atoms with van der Waals surface area (Å²) in [5.41, 5.74) is 39.3. The second-order valence-corrected chi connectivity index (χ2v) is 34.3. The first-order valence-corrected chi connectivity index (χ1v) is 42.0. The number of imidazole rings is 3. The number of benzene rings is 4. The Bertz CT molecular complexity index is 5120. The van der Waals surface area contributed by atoms with E-state index >= 15 is 0 Å². The standard InChI is InChI=1S/C29H43N7O2.C20H25ClN6O2.C8H8Cl2N4.C8H18N2.2C7H10N2.C6H3Cl2N3/c1-19(2)36-18-31-25-26(32-22-10-8-9-21(15-22)17-30-28(37)38-29(3,4)5)33-24(34-27(25)36)16-20-11-13-23(14-12-20)35(6)7;1-12(2)27-11-23-15-16(25-18(21)26-17(15)27)24-14-8-6-7-13(9-14)10-22-19(28)29-20(3,4)5;1-4(2)14-3-11-5-6(9)12-8(10)13-7(5)14;1-10(2)8-5-3-7(9)4-6-8;2*8-5-6-2-1-3-7(9)4-6;7-5-4-3(1-2-9-4)10-6(8)11-5/h8-10,15,18-20,23H,11-14,16-17H2,1-7H3,(H,30,37)(H,32,33,34);6-9,11-12H,10H2,1-5H3,(H,22,28)(H,24,25,26);3-4H,1-2H3;7-8H,3-6,9H2,1-2H3;2*1-4H,5,8-9H2;2H,1H2. The van der Waals surface area contributed by atoms with Gasteiger partial charge in [0.1, 0.15) is 28.2 Å². The smallest absolute Gasteiger partial charge is 0.407 e. The zero-order valence-corrected chi connectivity index (χ0v) is 75.3. The average molecular weight is 1740 g/mol. The molecule has 0 radical (unpaired) electrons. The van der Waals surface area contributed by atoms with Gasteiger partial charge < -0.3 is 82.9 Å². The molecule has 35 heteroatoms. The summed E-state index contributed by atoms with van der Waals surface area (Å²) in [5, 5.41) is 13.4. The first-order chi connectivity index (χ1) is 56.8. The number of rotatable bonds is 17. The Morgan fingerprint density at radius 2 is 0.900 bits per heavy atom. The Morgan fingerprint density at radius 1 is 0.500 bits per heavy atom. The Morgan fingerprint density at radius 3 is 1.33 bits per heavy atom. The number of alkyl carbamates (subject to hydrolysis) is 2. The molecule has 14 rings (SSSR count). The Kier molecular flexibility index (Phi) is 36.1. The molecule has 7 aromatic heterocycles. The fraction of sp³-hybridized carbons (Fsp3) is 0.459. The first kappa shape index (κ1) is 95.7. The monoisotopic (exact) mass is 1740 g/mol. The van der Waals surface area contributed by atoms with Crippen LogP contribution in [-0.4, -0.2) is 154 Å². The molecule has 8 heterocycles. The molecular weight excluding hydrogens is 1630 g/mol. The van der Waals surface area contributed by atoms with Crippen molar-refractivity contribution in [1.29, 1.82) is 0 Å². The summed E-state index contributed by atoms with van der Waals surface area (Å²) in [7, 11) is 8.66. The molecule has 2 aliphatic carbocycles. The fourth-order valence-electron chi connectivity index (χ4n) is 13.0. The molecule has 0 bridgehead atoms. The van der Waals surface area contributed by atoms with E-state index < -0.39 is 23.4 Å². The van der Waals surface area contributed by atoms with Crippen LogP contribution in [0.2, 0.25) is 26.2 Å². The van der Waals surface area contributed by atoms with Gasteiger partial charge in [0.15, 0.2) is 49.9 Å². The van der Waals surface area contributed by atoms with Crippen molar-refractivity contribution in [3.63, 3.8) is 0 Å². The Balaban J connectivity index is 0.000000190. The van der Waals surface area contributed by atoms with Crippen molar-refractivity contribution in [2.75, 3.05) is 50.3 Å². The molecule has 0 saturated heterocycles. The number of ether oxygens (including phenoxy) is 2. The third-order valence-corrected chi connectivity index (χ3v) is 20.2. The predicted octanol–water partition coefficient (Wildman–Crippen LogP) is 17.7. The highest BCUT2D eigenvalue weighted by Gasteiger charge is 2.27. The van der Waals surface area contributed by atoms with E-state index in [9.17, 15) is 9.59 Å². The number of nitrogens with two attached hydrogens (primary N) is 5. The van der Waals surface area contributed by atoms with Gasteiger partial charge in [-0.2, -0.15) is 15.0 Å². The lowest BCUT2D eigenvalue weighted by Crippen LogP contribution is -2.36. The summed E-state index contributed by atoms with van der Waals surface area (Å²) in [4.78, 5) is 80.0. The van der Waals surface area contributed by atoms with Crippen LogP contribution in [0, 0.1) is 5.92 Å². The number of aromatic nitrogens is 14. The molecule has 120 heavy (non-hydrogen) atoms. The highest BCUT2D eigenvalue weighted by molar-refractivity contribution is 6.35. The number of carbonyl (C=O) groups is 2. The van der Waals surface area contributed by atoms with Crippen LogP contribution in [0.15, 0.2) is 121 Å². The highest BCUT2D eigenvalue weighted by Crippen LogP contribution is 2.34. The molecule has 2 amide bonds.